The molecule has 2 rings (SSSR count). The van der Waals surface area contributed by atoms with Crippen LogP contribution in [0.5, 0.6) is 0 Å². The number of nitrogens with one attached hydrogen (secondary N) is 1. The molecule has 1 N–H and O–H groups in total. The second kappa shape index (κ2) is 7.58. The number of thioether (sulfide) groups is 1. The van der Waals surface area contributed by atoms with Gasteiger partial charge in [-0.25, -0.2) is 8.42 Å². The van der Waals surface area contributed by atoms with Gasteiger partial charge in [0.05, 0.1) is 4.90 Å². The molecule has 0 aliphatic heterocycles. The second-order valence-corrected chi connectivity index (χ2v) is 8.90. The Balaban J connectivity index is 2.27. The molecular formula is C16H17BrN2O3S2. The van der Waals surface area contributed by atoms with Crippen molar-refractivity contribution in [2.75, 3.05) is 18.8 Å². The largest absolute Gasteiger partial charge is 0.339 e. The Morgan fingerprint density at radius 1 is 1.17 bits per heavy atom. The van der Waals surface area contributed by atoms with Crippen molar-refractivity contribution in [3.05, 3.63) is 52.5 Å². The van der Waals surface area contributed by atoms with Crippen LogP contribution >= 0.6 is 27.7 Å². The molecule has 0 spiro atoms. The third-order valence-electron chi connectivity index (χ3n) is 3.10. The van der Waals surface area contributed by atoms with Gasteiger partial charge in [-0.05, 0) is 54.6 Å². The predicted molar refractivity (Wildman–Crippen MR) is 101 cm³/mol. The fourth-order valence-corrected chi connectivity index (χ4v) is 4.44. The molecule has 0 aliphatic carbocycles. The summed E-state index contributed by atoms with van der Waals surface area (Å²) in [5.74, 6) is 0. The van der Waals surface area contributed by atoms with Crippen molar-refractivity contribution in [1.82, 2.24) is 4.90 Å². The lowest BCUT2D eigenvalue weighted by molar-refractivity contribution is 0.241. The van der Waals surface area contributed by atoms with Crippen molar-refractivity contribution < 1.29 is 13.2 Å². The molecule has 0 radical (unpaired) electrons. The summed E-state index contributed by atoms with van der Waals surface area (Å²) in [6.45, 7) is 1.74. The first-order valence-electron chi connectivity index (χ1n) is 6.97. The Kier molecular flexibility index (Phi) is 5.95. The topological polar surface area (TPSA) is 66.5 Å². The average Bonchev–Trinajstić information content (AvgIpc) is 2.49. The molecule has 0 aromatic heterocycles. The summed E-state index contributed by atoms with van der Waals surface area (Å²) in [4.78, 5) is 14.1. The zero-order chi connectivity index (χ0) is 17.9. The van der Waals surface area contributed by atoms with Crippen LogP contribution in [0, 0.1) is 6.92 Å². The summed E-state index contributed by atoms with van der Waals surface area (Å²) in [6, 6.07) is 11.8. The summed E-state index contributed by atoms with van der Waals surface area (Å²) in [7, 11) is -0.383. The monoisotopic (exact) mass is 428 g/mol. The molecule has 24 heavy (non-hydrogen) atoms. The Hall–Kier alpha value is -1.51. The van der Waals surface area contributed by atoms with E-state index in [0.717, 1.165) is 11.8 Å². The molecule has 0 heterocycles. The number of halogens is 1. The Morgan fingerprint density at radius 2 is 1.88 bits per heavy atom. The van der Waals surface area contributed by atoms with Crippen LogP contribution < -0.4 is 4.72 Å². The summed E-state index contributed by atoms with van der Waals surface area (Å²) >= 11 is 4.33. The minimum absolute atomic E-state index is 0.127. The lowest BCUT2D eigenvalue weighted by Crippen LogP contribution is -2.16. The van der Waals surface area contributed by atoms with Crippen molar-refractivity contribution in [2.24, 2.45) is 0 Å². The zero-order valence-electron chi connectivity index (χ0n) is 13.4. The Labute approximate surface area is 154 Å². The van der Waals surface area contributed by atoms with Crippen LogP contribution in [0.2, 0.25) is 0 Å². The van der Waals surface area contributed by atoms with E-state index in [9.17, 15) is 13.2 Å². The van der Waals surface area contributed by atoms with Gasteiger partial charge in [-0.2, -0.15) is 0 Å². The van der Waals surface area contributed by atoms with E-state index in [1.54, 1.807) is 63.5 Å². The van der Waals surface area contributed by atoms with E-state index in [1.807, 2.05) is 0 Å². The third kappa shape index (κ3) is 4.75. The highest BCUT2D eigenvalue weighted by Crippen LogP contribution is 2.26. The first-order chi connectivity index (χ1) is 11.2. The van der Waals surface area contributed by atoms with Gasteiger partial charge in [-0.15, -0.1) is 0 Å². The maximum Gasteiger partial charge on any atom is 0.285 e. The minimum atomic E-state index is -3.71. The molecule has 0 atom stereocenters. The van der Waals surface area contributed by atoms with Crippen molar-refractivity contribution in [3.63, 3.8) is 0 Å². The number of anilines is 1. The molecule has 8 heteroatoms. The normalized spacial score (nSPS) is 11.2. The number of hydrogen-bond donors (Lipinski definition) is 1. The molecular weight excluding hydrogens is 412 g/mol. The number of sulfonamides is 1. The molecule has 2 aromatic rings. The maximum absolute atomic E-state index is 12.6. The number of hydrogen-bond acceptors (Lipinski definition) is 4. The van der Waals surface area contributed by atoms with Gasteiger partial charge in [0.25, 0.3) is 15.3 Å². The van der Waals surface area contributed by atoms with Gasteiger partial charge in [0.2, 0.25) is 0 Å². The number of rotatable bonds is 4. The summed E-state index contributed by atoms with van der Waals surface area (Å²) in [5.41, 5.74) is 1.06. The highest BCUT2D eigenvalue weighted by Gasteiger charge is 2.18. The van der Waals surface area contributed by atoms with Gasteiger partial charge in [0, 0.05) is 29.2 Å². The first kappa shape index (κ1) is 18.8. The number of benzene rings is 2. The number of nitrogens with zero attached hydrogens (tertiary/aromatic N) is 1. The SMILES string of the molecule is Cc1ccc(Br)cc1S(=O)(=O)Nc1cccc(SC(=O)N(C)C)c1. The second-order valence-electron chi connectivity index (χ2n) is 5.31. The number of carbonyl (C=O) groups excluding carboxylic acids is 1. The average molecular weight is 429 g/mol. The van der Waals surface area contributed by atoms with Gasteiger partial charge < -0.3 is 4.90 Å². The van der Waals surface area contributed by atoms with Crippen LogP contribution in [0.15, 0.2) is 56.7 Å². The maximum atomic E-state index is 12.6. The van der Waals surface area contributed by atoms with Crippen molar-refractivity contribution in [2.45, 2.75) is 16.7 Å². The molecule has 0 unspecified atom stereocenters. The zero-order valence-corrected chi connectivity index (χ0v) is 16.6. The molecule has 128 valence electrons. The standard InChI is InChI=1S/C16H17BrN2O3S2/c1-11-7-8-12(17)9-15(11)24(21,22)18-13-5-4-6-14(10-13)23-16(20)19(2)3/h4-10,18H,1-3H3. The van der Waals surface area contributed by atoms with Gasteiger partial charge in [0.15, 0.2) is 0 Å². The highest BCUT2D eigenvalue weighted by molar-refractivity contribution is 9.10. The molecule has 0 aliphatic rings. The minimum Gasteiger partial charge on any atom is -0.339 e. The van der Waals surface area contributed by atoms with E-state index in [4.69, 9.17) is 0 Å². The summed E-state index contributed by atoms with van der Waals surface area (Å²) in [5, 5.41) is -0.127. The van der Waals surface area contributed by atoms with Crippen LogP contribution in [-0.4, -0.2) is 32.7 Å². The van der Waals surface area contributed by atoms with Crippen LogP contribution in [0.25, 0.3) is 0 Å². The van der Waals surface area contributed by atoms with E-state index in [2.05, 4.69) is 20.7 Å². The molecule has 0 fully saturated rings. The Bertz CT molecular complexity index is 867. The Morgan fingerprint density at radius 3 is 2.54 bits per heavy atom. The van der Waals surface area contributed by atoms with Crippen molar-refractivity contribution in [3.8, 4) is 0 Å². The fraction of sp³-hybridized carbons (Fsp3) is 0.188. The summed E-state index contributed by atoms with van der Waals surface area (Å²) < 4.78 is 28.5. The number of carbonyl (C=O) groups is 1. The smallest absolute Gasteiger partial charge is 0.285 e. The molecule has 2 aromatic carbocycles. The van der Waals surface area contributed by atoms with Crippen LogP contribution in [0.4, 0.5) is 10.5 Å². The molecule has 1 amide bonds. The van der Waals surface area contributed by atoms with Crippen molar-refractivity contribution in [1.29, 1.82) is 0 Å². The third-order valence-corrected chi connectivity index (χ3v) is 6.14. The van der Waals surface area contributed by atoms with Gasteiger partial charge in [-0.3, -0.25) is 9.52 Å². The van der Waals surface area contributed by atoms with E-state index in [-0.39, 0.29) is 10.1 Å². The van der Waals surface area contributed by atoms with Crippen molar-refractivity contribution >= 4 is 48.6 Å². The van der Waals surface area contributed by atoms with Crippen LogP contribution in [-0.2, 0) is 10.0 Å². The quantitative estimate of drug-likeness (QED) is 0.735. The van der Waals surface area contributed by atoms with Crippen LogP contribution in [0.3, 0.4) is 0 Å². The van der Waals surface area contributed by atoms with Gasteiger partial charge in [-0.1, -0.05) is 28.1 Å². The lowest BCUT2D eigenvalue weighted by atomic mass is 10.2. The van der Waals surface area contributed by atoms with Gasteiger partial charge in [0.1, 0.15) is 0 Å². The fourth-order valence-electron chi connectivity index (χ4n) is 1.89. The molecule has 0 saturated carbocycles. The predicted octanol–water partition coefficient (Wildman–Crippen LogP) is 4.33. The molecule has 0 saturated heterocycles. The van der Waals surface area contributed by atoms with Crippen LogP contribution in [0.1, 0.15) is 5.56 Å². The van der Waals surface area contributed by atoms with Gasteiger partial charge >= 0.3 is 0 Å². The van der Waals surface area contributed by atoms with E-state index in [0.29, 0.717) is 20.6 Å². The molecule has 0 bridgehead atoms. The number of amides is 1. The van der Waals surface area contributed by atoms with E-state index in [1.165, 1.54) is 4.90 Å². The molecule has 5 nitrogen and oxygen atoms in total. The van der Waals surface area contributed by atoms with E-state index < -0.39 is 10.0 Å². The lowest BCUT2D eigenvalue weighted by Gasteiger charge is -2.12. The first-order valence-corrected chi connectivity index (χ1v) is 10.1. The highest BCUT2D eigenvalue weighted by atomic mass is 79.9. The number of aryl methyl sites for hydroxylation is 1. The van der Waals surface area contributed by atoms with E-state index >= 15 is 0 Å². The summed E-state index contributed by atoms with van der Waals surface area (Å²) in [6.07, 6.45) is 0.